The summed E-state index contributed by atoms with van der Waals surface area (Å²) in [5, 5.41) is 6.63. The van der Waals surface area contributed by atoms with Crippen molar-refractivity contribution in [1.82, 2.24) is 15.6 Å². The van der Waals surface area contributed by atoms with Crippen molar-refractivity contribution >= 4 is 22.7 Å². The van der Waals surface area contributed by atoms with Crippen LogP contribution < -0.4 is 16.4 Å². The van der Waals surface area contributed by atoms with Crippen molar-refractivity contribution in [3.8, 4) is 0 Å². The number of nitrogens with one attached hydrogen (secondary N) is 3. The number of para-hydroxylation sites is 1. The Morgan fingerprint density at radius 3 is 2.62 bits per heavy atom. The molecule has 1 heterocycles. The molecule has 2 amide bonds. The Hall–Kier alpha value is -2.34. The monoisotopic (exact) mass is 330 g/mol. The number of rotatable bonds is 8. The first-order chi connectivity index (χ1) is 11.5. The van der Waals surface area contributed by atoms with E-state index in [0.29, 0.717) is 31.8 Å². The van der Waals surface area contributed by atoms with Gasteiger partial charge in [-0.15, -0.1) is 0 Å². The first-order valence-electron chi connectivity index (χ1n) is 8.32. The van der Waals surface area contributed by atoms with Crippen LogP contribution in [0.5, 0.6) is 0 Å². The fraction of sp³-hybridized carbons (Fsp3) is 0.444. The van der Waals surface area contributed by atoms with E-state index < -0.39 is 6.04 Å². The zero-order chi connectivity index (χ0) is 17.5. The molecule has 1 aromatic heterocycles. The van der Waals surface area contributed by atoms with E-state index in [-0.39, 0.29) is 11.8 Å². The molecule has 0 aliphatic carbocycles. The molecule has 130 valence electrons. The Labute approximate surface area is 142 Å². The third-order valence-corrected chi connectivity index (χ3v) is 3.79. The van der Waals surface area contributed by atoms with Gasteiger partial charge in [-0.2, -0.15) is 0 Å². The Bertz CT molecular complexity index is 693. The molecule has 24 heavy (non-hydrogen) atoms. The number of aromatic nitrogens is 1. The molecule has 0 radical (unpaired) electrons. The molecule has 1 atom stereocenters. The number of hydrogen-bond acceptors (Lipinski definition) is 3. The molecule has 2 rings (SSSR count). The number of carbonyl (C=O) groups is 2. The van der Waals surface area contributed by atoms with Crippen molar-refractivity contribution < 1.29 is 9.59 Å². The van der Waals surface area contributed by atoms with Crippen LogP contribution in [0.15, 0.2) is 30.5 Å². The lowest BCUT2D eigenvalue weighted by atomic mass is 10.1. The summed E-state index contributed by atoms with van der Waals surface area (Å²) in [6.45, 7) is 4.78. The number of benzene rings is 1. The SMILES string of the molecule is CC(C)CC(=O)NCCNC(=O)C(N)Cc1c[nH]c2ccccc12. The van der Waals surface area contributed by atoms with Crippen LogP contribution in [0.2, 0.25) is 0 Å². The Kier molecular flexibility index (Phi) is 6.37. The van der Waals surface area contributed by atoms with Crippen LogP contribution in [0.3, 0.4) is 0 Å². The number of amides is 2. The minimum Gasteiger partial charge on any atom is -0.361 e. The minimum atomic E-state index is -0.615. The van der Waals surface area contributed by atoms with Gasteiger partial charge in [-0.25, -0.2) is 0 Å². The van der Waals surface area contributed by atoms with E-state index in [1.165, 1.54) is 0 Å². The van der Waals surface area contributed by atoms with E-state index in [2.05, 4.69) is 15.6 Å². The number of H-pyrrole nitrogens is 1. The van der Waals surface area contributed by atoms with Crippen LogP contribution in [-0.4, -0.2) is 35.9 Å². The van der Waals surface area contributed by atoms with Crippen LogP contribution >= 0.6 is 0 Å². The molecule has 0 fully saturated rings. The second-order valence-electron chi connectivity index (χ2n) is 6.41. The van der Waals surface area contributed by atoms with Gasteiger partial charge < -0.3 is 21.4 Å². The highest BCUT2D eigenvalue weighted by atomic mass is 16.2. The maximum Gasteiger partial charge on any atom is 0.237 e. The molecule has 0 bridgehead atoms. The van der Waals surface area contributed by atoms with E-state index in [1.807, 2.05) is 44.3 Å². The average molecular weight is 330 g/mol. The average Bonchev–Trinajstić information content (AvgIpc) is 2.94. The summed E-state index contributed by atoms with van der Waals surface area (Å²) in [7, 11) is 0. The van der Waals surface area contributed by atoms with Gasteiger partial charge in [-0.1, -0.05) is 32.0 Å². The molecule has 5 N–H and O–H groups in total. The van der Waals surface area contributed by atoms with Crippen molar-refractivity contribution in [2.24, 2.45) is 11.7 Å². The normalized spacial score (nSPS) is 12.3. The van der Waals surface area contributed by atoms with E-state index in [1.54, 1.807) is 0 Å². The zero-order valence-electron chi connectivity index (χ0n) is 14.3. The quantitative estimate of drug-likeness (QED) is 0.549. The molecule has 0 aliphatic heterocycles. The van der Waals surface area contributed by atoms with Gasteiger partial charge in [0.25, 0.3) is 0 Å². The van der Waals surface area contributed by atoms with Gasteiger partial charge in [0.05, 0.1) is 6.04 Å². The summed E-state index contributed by atoms with van der Waals surface area (Å²) in [6, 6.07) is 7.31. The maximum absolute atomic E-state index is 12.1. The molecule has 6 heteroatoms. The third kappa shape index (κ3) is 5.09. The van der Waals surface area contributed by atoms with Crippen LogP contribution in [-0.2, 0) is 16.0 Å². The molecule has 6 nitrogen and oxygen atoms in total. The number of nitrogens with two attached hydrogens (primary N) is 1. The summed E-state index contributed by atoms with van der Waals surface area (Å²) < 4.78 is 0. The number of carbonyl (C=O) groups excluding carboxylic acids is 2. The summed E-state index contributed by atoms with van der Waals surface area (Å²) in [5.74, 6) is 0.116. The van der Waals surface area contributed by atoms with Gasteiger partial charge in [-0.3, -0.25) is 9.59 Å². The molecule has 0 aliphatic rings. The molecule has 1 aromatic carbocycles. The van der Waals surface area contributed by atoms with Gasteiger partial charge >= 0.3 is 0 Å². The lowest BCUT2D eigenvalue weighted by Crippen LogP contribution is -2.44. The fourth-order valence-corrected chi connectivity index (χ4v) is 2.59. The van der Waals surface area contributed by atoms with E-state index in [9.17, 15) is 9.59 Å². The molecule has 0 spiro atoms. The predicted octanol–water partition coefficient (Wildman–Crippen LogP) is 1.32. The molecule has 2 aromatic rings. The molecule has 0 saturated heterocycles. The summed E-state index contributed by atoms with van der Waals surface area (Å²) in [6.07, 6.45) is 2.85. The molecular formula is C18H26N4O2. The van der Waals surface area contributed by atoms with Crippen molar-refractivity contribution in [2.45, 2.75) is 32.7 Å². The van der Waals surface area contributed by atoms with Crippen molar-refractivity contribution in [3.05, 3.63) is 36.0 Å². The minimum absolute atomic E-state index is 0.00217. The van der Waals surface area contributed by atoms with Gasteiger partial charge in [0.15, 0.2) is 0 Å². The van der Waals surface area contributed by atoms with Gasteiger partial charge in [-0.05, 0) is 24.0 Å². The lowest BCUT2D eigenvalue weighted by molar-refractivity contribution is -0.123. The zero-order valence-corrected chi connectivity index (χ0v) is 14.3. The Morgan fingerprint density at radius 1 is 1.17 bits per heavy atom. The molecular weight excluding hydrogens is 304 g/mol. The predicted molar refractivity (Wildman–Crippen MR) is 95.5 cm³/mol. The van der Waals surface area contributed by atoms with Crippen LogP contribution in [0.25, 0.3) is 10.9 Å². The Morgan fingerprint density at radius 2 is 1.88 bits per heavy atom. The second-order valence-corrected chi connectivity index (χ2v) is 6.41. The summed E-state index contributed by atoms with van der Waals surface area (Å²) in [4.78, 5) is 26.8. The maximum atomic E-state index is 12.1. The number of hydrogen-bond donors (Lipinski definition) is 4. The smallest absolute Gasteiger partial charge is 0.237 e. The number of aromatic amines is 1. The third-order valence-electron chi connectivity index (χ3n) is 3.79. The van der Waals surface area contributed by atoms with Crippen LogP contribution in [0.4, 0.5) is 0 Å². The van der Waals surface area contributed by atoms with Gasteiger partial charge in [0, 0.05) is 36.6 Å². The highest BCUT2D eigenvalue weighted by molar-refractivity contribution is 5.86. The second kappa shape index (κ2) is 8.49. The van der Waals surface area contributed by atoms with Crippen LogP contribution in [0.1, 0.15) is 25.8 Å². The van der Waals surface area contributed by atoms with Gasteiger partial charge in [0.1, 0.15) is 0 Å². The number of fused-ring (bicyclic) bond motifs is 1. The van der Waals surface area contributed by atoms with E-state index in [0.717, 1.165) is 16.5 Å². The first-order valence-corrected chi connectivity index (χ1v) is 8.32. The highest BCUT2D eigenvalue weighted by Crippen LogP contribution is 2.18. The summed E-state index contributed by atoms with van der Waals surface area (Å²) >= 11 is 0. The van der Waals surface area contributed by atoms with E-state index in [4.69, 9.17) is 5.73 Å². The Balaban J connectivity index is 1.75. The van der Waals surface area contributed by atoms with Crippen LogP contribution in [0, 0.1) is 5.92 Å². The molecule has 0 saturated carbocycles. The van der Waals surface area contributed by atoms with E-state index >= 15 is 0 Å². The lowest BCUT2D eigenvalue weighted by Gasteiger charge is -2.12. The fourth-order valence-electron chi connectivity index (χ4n) is 2.59. The highest BCUT2D eigenvalue weighted by Gasteiger charge is 2.15. The van der Waals surface area contributed by atoms with Crippen molar-refractivity contribution in [2.75, 3.05) is 13.1 Å². The largest absolute Gasteiger partial charge is 0.361 e. The molecule has 1 unspecified atom stereocenters. The van der Waals surface area contributed by atoms with Crippen molar-refractivity contribution in [3.63, 3.8) is 0 Å². The summed E-state index contributed by atoms with van der Waals surface area (Å²) in [5.41, 5.74) is 8.06. The van der Waals surface area contributed by atoms with Crippen molar-refractivity contribution in [1.29, 1.82) is 0 Å². The van der Waals surface area contributed by atoms with Gasteiger partial charge in [0.2, 0.25) is 11.8 Å². The standard InChI is InChI=1S/C18H26N4O2/c1-12(2)9-17(23)20-7-8-21-18(24)15(19)10-13-11-22-16-6-4-3-5-14(13)16/h3-6,11-12,15,22H,7-10,19H2,1-2H3,(H,20,23)(H,21,24). The first kappa shape index (κ1) is 18.0. The topological polar surface area (TPSA) is 100 Å².